The molecule has 3 aromatic carbocycles. The molecule has 0 atom stereocenters. The highest BCUT2D eigenvalue weighted by Gasteiger charge is 2.16. The van der Waals surface area contributed by atoms with Crippen LogP contribution in [0.5, 0.6) is 11.5 Å². The Hall–Kier alpha value is -3.17. The highest BCUT2D eigenvalue weighted by atomic mass is 35.5. The van der Waals surface area contributed by atoms with E-state index in [4.69, 9.17) is 44.3 Å². The molecule has 0 radical (unpaired) electrons. The van der Waals surface area contributed by atoms with Crippen molar-refractivity contribution in [3.05, 3.63) is 91.4 Å². The van der Waals surface area contributed by atoms with Crippen LogP contribution in [0.2, 0.25) is 15.1 Å². The molecule has 0 heterocycles. The molecule has 0 aliphatic rings. The minimum atomic E-state index is -0.520. The van der Waals surface area contributed by atoms with Crippen LogP contribution in [0.15, 0.2) is 54.1 Å². The molecular weight excluding hydrogens is 507 g/mol. The summed E-state index contributed by atoms with van der Waals surface area (Å²) in [6.07, 6.45) is 1.45. The van der Waals surface area contributed by atoms with Gasteiger partial charge in [0.15, 0.2) is 11.5 Å². The lowest BCUT2D eigenvalue weighted by atomic mass is 10.1. The zero-order valence-corrected chi connectivity index (χ0v) is 21.7. The maximum Gasteiger partial charge on any atom is 0.266 e. The van der Waals surface area contributed by atoms with Gasteiger partial charge in [-0.3, -0.25) is 4.79 Å². The third-order valence-electron chi connectivity index (χ3n) is 5.25. The molecule has 180 valence electrons. The number of nitrogens with zero attached hydrogens (tertiary/aromatic N) is 1. The van der Waals surface area contributed by atoms with Crippen molar-refractivity contribution in [3.63, 3.8) is 0 Å². The van der Waals surface area contributed by atoms with E-state index in [1.54, 1.807) is 36.4 Å². The van der Waals surface area contributed by atoms with E-state index in [0.29, 0.717) is 39.4 Å². The van der Waals surface area contributed by atoms with Crippen molar-refractivity contribution >= 4 is 52.5 Å². The Labute approximate surface area is 219 Å². The maximum atomic E-state index is 12.8. The summed E-state index contributed by atoms with van der Waals surface area (Å²) in [6, 6.07) is 15.9. The monoisotopic (exact) mass is 528 g/mol. The van der Waals surface area contributed by atoms with Gasteiger partial charge in [-0.1, -0.05) is 53.0 Å². The fourth-order valence-corrected chi connectivity index (χ4v) is 3.99. The van der Waals surface area contributed by atoms with Crippen molar-refractivity contribution in [2.45, 2.75) is 27.4 Å². The zero-order valence-electron chi connectivity index (χ0n) is 19.4. The summed E-state index contributed by atoms with van der Waals surface area (Å²) in [5.74, 6) is 0.187. The van der Waals surface area contributed by atoms with Crippen LogP contribution in [-0.2, 0) is 11.4 Å². The lowest BCUT2D eigenvalue weighted by Gasteiger charge is -2.15. The van der Waals surface area contributed by atoms with Crippen LogP contribution in [0.4, 0.5) is 5.69 Å². The maximum absolute atomic E-state index is 12.8. The number of halogens is 3. The molecule has 8 heteroatoms. The normalized spacial score (nSPS) is 11.1. The number of rotatable bonds is 8. The fourth-order valence-electron chi connectivity index (χ4n) is 3.25. The van der Waals surface area contributed by atoms with Gasteiger partial charge in [-0.2, -0.15) is 5.26 Å². The summed E-state index contributed by atoms with van der Waals surface area (Å²) >= 11 is 18.7. The Bertz CT molecular complexity index is 1330. The minimum absolute atomic E-state index is 0.0777. The molecule has 1 N–H and O–H groups in total. The van der Waals surface area contributed by atoms with Gasteiger partial charge in [-0.25, -0.2) is 0 Å². The number of hydrogen-bond donors (Lipinski definition) is 1. The number of hydrogen-bond acceptors (Lipinski definition) is 4. The Kier molecular flexibility index (Phi) is 9.06. The molecule has 0 saturated carbocycles. The topological polar surface area (TPSA) is 71.3 Å². The van der Waals surface area contributed by atoms with Crippen molar-refractivity contribution in [2.24, 2.45) is 0 Å². The number of carbonyl (C=O) groups excluding carboxylic acids is 1. The van der Waals surface area contributed by atoms with E-state index in [2.05, 4.69) is 5.32 Å². The molecule has 35 heavy (non-hydrogen) atoms. The molecule has 3 aromatic rings. The van der Waals surface area contributed by atoms with Gasteiger partial charge in [-0.05, 0) is 73.9 Å². The molecule has 0 saturated heterocycles. The summed E-state index contributed by atoms with van der Waals surface area (Å²) in [5.41, 5.74) is 3.78. The lowest BCUT2D eigenvalue weighted by molar-refractivity contribution is -0.112. The second-order valence-electron chi connectivity index (χ2n) is 7.66. The van der Waals surface area contributed by atoms with Crippen molar-refractivity contribution < 1.29 is 14.3 Å². The Morgan fingerprint density at radius 2 is 1.83 bits per heavy atom. The molecular formula is C27H23Cl3N2O3. The van der Waals surface area contributed by atoms with E-state index in [-0.39, 0.29) is 17.2 Å². The Morgan fingerprint density at radius 1 is 1.06 bits per heavy atom. The molecule has 5 nitrogen and oxygen atoms in total. The molecule has 3 rings (SSSR count). The second kappa shape index (κ2) is 12.0. The molecule has 1 amide bonds. The SMILES string of the molecule is CCOc1cc(/C=C(\C#N)C(=O)Nc2cccc(C)c2C)cc(Cl)c1OCc1ccc(Cl)cc1Cl. The first-order chi connectivity index (χ1) is 16.7. The van der Waals surface area contributed by atoms with Gasteiger partial charge < -0.3 is 14.8 Å². The largest absolute Gasteiger partial charge is 0.490 e. The first-order valence-electron chi connectivity index (χ1n) is 10.8. The number of nitriles is 1. The smallest absolute Gasteiger partial charge is 0.266 e. The first-order valence-corrected chi connectivity index (χ1v) is 11.9. The molecule has 0 fully saturated rings. The summed E-state index contributed by atoms with van der Waals surface area (Å²) in [6.45, 7) is 6.19. The third kappa shape index (κ3) is 6.70. The number of ether oxygens (including phenoxy) is 2. The number of benzene rings is 3. The number of nitrogens with one attached hydrogen (secondary N) is 1. The van der Waals surface area contributed by atoms with Crippen LogP contribution >= 0.6 is 34.8 Å². The second-order valence-corrected chi connectivity index (χ2v) is 8.91. The average molecular weight is 530 g/mol. The van der Waals surface area contributed by atoms with Crippen molar-refractivity contribution in [1.29, 1.82) is 5.26 Å². The summed E-state index contributed by atoms with van der Waals surface area (Å²) < 4.78 is 11.6. The van der Waals surface area contributed by atoms with Gasteiger partial charge in [0, 0.05) is 21.3 Å². The van der Waals surface area contributed by atoms with Crippen LogP contribution in [-0.4, -0.2) is 12.5 Å². The molecule has 0 aromatic heterocycles. The van der Waals surface area contributed by atoms with Crippen LogP contribution in [0.1, 0.15) is 29.2 Å². The lowest BCUT2D eigenvalue weighted by Crippen LogP contribution is -2.14. The minimum Gasteiger partial charge on any atom is -0.490 e. The van der Waals surface area contributed by atoms with E-state index >= 15 is 0 Å². The van der Waals surface area contributed by atoms with Crippen LogP contribution in [0, 0.1) is 25.2 Å². The number of amides is 1. The average Bonchev–Trinajstić information content (AvgIpc) is 2.81. The van der Waals surface area contributed by atoms with E-state index in [0.717, 1.165) is 16.7 Å². The van der Waals surface area contributed by atoms with Gasteiger partial charge in [0.2, 0.25) is 0 Å². The highest BCUT2D eigenvalue weighted by molar-refractivity contribution is 6.35. The van der Waals surface area contributed by atoms with Gasteiger partial charge in [0.05, 0.1) is 11.6 Å². The van der Waals surface area contributed by atoms with Gasteiger partial charge in [0.1, 0.15) is 18.2 Å². The van der Waals surface area contributed by atoms with Crippen LogP contribution in [0.25, 0.3) is 6.08 Å². The van der Waals surface area contributed by atoms with Gasteiger partial charge in [-0.15, -0.1) is 0 Å². The van der Waals surface area contributed by atoms with Gasteiger partial charge in [0.25, 0.3) is 5.91 Å². The number of anilines is 1. The summed E-state index contributed by atoms with van der Waals surface area (Å²) in [7, 11) is 0. The first kappa shape index (κ1) is 26.4. The number of aryl methyl sites for hydroxylation is 1. The van der Waals surface area contributed by atoms with Crippen LogP contribution in [0.3, 0.4) is 0 Å². The molecule has 0 unspecified atom stereocenters. The van der Waals surface area contributed by atoms with Gasteiger partial charge >= 0.3 is 0 Å². The zero-order chi connectivity index (χ0) is 25.5. The Balaban J connectivity index is 1.87. The quantitative estimate of drug-likeness (QED) is 0.239. The Morgan fingerprint density at radius 3 is 2.51 bits per heavy atom. The molecule has 0 spiro atoms. The van der Waals surface area contributed by atoms with Crippen LogP contribution < -0.4 is 14.8 Å². The number of carbonyl (C=O) groups is 1. The van der Waals surface area contributed by atoms with E-state index in [1.807, 2.05) is 39.0 Å². The molecule has 0 aliphatic carbocycles. The molecule has 0 aliphatic heterocycles. The fraction of sp³-hybridized carbons (Fsp3) is 0.185. The predicted molar refractivity (Wildman–Crippen MR) is 142 cm³/mol. The van der Waals surface area contributed by atoms with Crippen molar-refractivity contribution in [3.8, 4) is 17.6 Å². The third-order valence-corrected chi connectivity index (χ3v) is 6.12. The standard InChI is InChI=1S/C27H23Cl3N2O3/c1-4-34-25-12-18(10-20(14-31)27(33)32-24-7-5-6-16(2)17(24)3)11-23(30)26(25)35-15-19-8-9-21(28)13-22(19)29/h5-13H,4,15H2,1-3H3,(H,32,33)/b20-10+. The van der Waals surface area contributed by atoms with E-state index in [9.17, 15) is 10.1 Å². The summed E-state index contributed by atoms with van der Waals surface area (Å²) in [4.78, 5) is 12.8. The predicted octanol–water partition coefficient (Wildman–Crippen LogP) is 7.79. The van der Waals surface area contributed by atoms with E-state index in [1.165, 1.54) is 6.08 Å². The van der Waals surface area contributed by atoms with Crippen molar-refractivity contribution in [1.82, 2.24) is 0 Å². The summed E-state index contributed by atoms with van der Waals surface area (Å²) in [5, 5.41) is 13.7. The highest BCUT2D eigenvalue weighted by Crippen LogP contribution is 2.38. The van der Waals surface area contributed by atoms with Crippen molar-refractivity contribution in [2.75, 3.05) is 11.9 Å². The van der Waals surface area contributed by atoms with E-state index < -0.39 is 5.91 Å². The molecule has 0 bridgehead atoms.